The maximum atomic E-state index is 13.3. The van der Waals surface area contributed by atoms with E-state index in [9.17, 15) is 14.7 Å². The zero-order chi connectivity index (χ0) is 16.7. The molecule has 1 saturated heterocycles. The van der Waals surface area contributed by atoms with E-state index in [1.165, 1.54) is 5.56 Å². The lowest BCUT2D eigenvalue weighted by molar-refractivity contribution is -0.147. The Morgan fingerprint density at radius 2 is 1.87 bits per heavy atom. The third-order valence-corrected chi connectivity index (χ3v) is 5.71. The van der Waals surface area contributed by atoms with Crippen LogP contribution >= 0.6 is 0 Å². The monoisotopic (exact) mass is 315 g/mol. The van der Waals surface area contributed by atoms with Crippen molar-refractivity contribution in [3.05, 3.63) is 35.4 Å². The molecule has 1 aliphatic carbocycles. The van der Waals surface area contributed by atoms with E-state index >= 15 is 0 Å². The van der Waals surface area contributed by atoms with Crippen molar-refractivity contribution in [1.82, 2.24) is 4.90 Å². The minimum atomic E-state index is -0.804. The summed E-state index contributed by atoms with van der Waals surface area (Å²) in [6.45, 7) is 4.68. The normalized spacial score (nSPS) is 26.4. The van der Waals surface area contributed by atoms with Gasteiger partial charge in [0.1, 0.15) is 0 Å². The quantitative estimate of drug-likeness (QED) is 0.932. The predicted molar refractivity (Wildman–Crippen MR) is 88.3 cm³/mol. The third-order valence-electron chi connectivity index (χ3n) is 5.71. The molecule has 0 radical (unpaired) electrons. The summed E-state index contributed by atoms with van der Waals surface area (Å²) in [5, 5.41) is 9.42. The fraction of sp³-hybridized carbons (Fsp3) is 0.579. The van der Waals surface area contributed by atoms with Gasteiger partial charge < -0.3 is 10.0 Å². The van der Waals surface area contributed by atoms with Crippen molar-refractivity contribution in [2.45, 2.75) is 51.4 Å². The number of aliphatic carboxylic acids is 1. The van der Waals surface area contributed by atoms with E-state index in [1.807, 2.05) is 19.1 Å². The number of hydrogen-bond donors (Lipinski definition) is 1. The molecule has 2 aliphatic rings. The van der Waals surface area contributed by atoms with E-state index in [0.717, 1.165) is 31.2 Å². The molecule has 1 aliphatic heterocycles. The van der Waals surface area contributed by atoms with E-state index in [-0.39, 0.29) is 5.91 Å². The van der Waals surface area contributed by atoms with Crippen molar-refractivity contribution in [2.24, 2.45) is 5.41 Å². The molecule has 2 fully saturated rings. The van der Waals surface area contributed by atoms with Crippen LogP contribution in [-0.4, -0.2) is 35.0 Å². The van der Waals surface area contributed by atoms with E-state index in [4.69, 9.17) is 0 Å². The Morgan fingerprint density at radius 3 is 2.43 bits per heavy atom. The van der Waals surface area contributed by atoms with Gasteiger partial charge in [-0.1, -0.05) is 42.7 Å². The highest BCUT2D eigenvalue weighted by atomic mass is 16.4. The first-order valence-electron chi connectivity index (χ1n) is 8.47. The van der Waals surface area contributed by atoms with Crippen LogP contribution < -0.4 is 0 Å². The molecule has 1 aromatic rings. The largest absolute Gasteiger partial charge is 0.481 e. The van der Waals surface area contributed by atoms with Gasteiger partial charge in [0.05, 0.1) is 10.8 Å². The Bertz CT molecular complexity index is 633. The molecule has 0 aromatic heterocycles. The van der Waals surface area contributed by atoms with Crippen LogP contribution in [0.25, 0.3) is 0 Å². The average molecular weight is 315 g/mol. The maximum absolute atomic E-state index is 13.3. The predicted octanol–water partition coefficient (Wildman–Crippen LogP) is 3.13. The van der Waals surface area contributed by atoms with Crippen molar-refractivity contribution >= 4 is 11.9 Å². The number of carbonyl (C=O) groups excluding carboxylic acids is 1. The van der Waals surface area contributed by atoms with Crippen molar-refractivity contribution in [2.75, 3.05) is 13.1 Å². The standard InChI is InChI=1S/C19H25NO3/c1-14-6-5-7-15(12-14)19(8-3-4-9-19)16(21)20-11-10-18(2,13-20)17(22)23/h5-7,12H,3-4,8-11,13H2,1-2H3,(H,22,23). The highest BCUT2D eigenvalue weighted by molar-refractivity contribution is 5.90. The molecule has 1 saturated carbocycles. The number of nitrogens with zero attached hydrogens (tertiary/aromatic N) is 1. The number of rotatable bonds is 3. The molecule has 23 heavy (non-hydrogen) atoms. The summed E-state index contributed by atoms with van der Waals surface area (Å²) in [5.74, 6) is -0.672. The molecule has 4 nitrogen and oxygen atoms in total. The lowest BCUT2D eigenvalue weighted by Crippen LogP contribution is -2.45. The Labute approximate surface area is 137 Å². The fourth-order valence-corrected chi connectivity index (χ4v) is 4.16. The number of carboxylic acids is 1. The van der Waals surface area contributed by atoms with Gasteiger partial charge in [-0.05, 0) is 38.7 Å². The van der Waals surface area contributed by atoms with Crippen LogP contribution in [0.15, 0.2) is 24.3 Å². The fourth-order valence-electron chi connectivity index (χ4n) is 4.16. The van der Waals surface area contributed by atoms with E-state index < -0.39 is 16.8 Å². The van der Waals surface area contributed by atoms with E-state index in [2.05, 4.69) is 12.1 Å². The summed E-state index contributed by atoms with van der Waals surface area (Å²) in [6, 6.07) is 8.25. The number of aryl methyl sites for hydroxylation is 1. The molecule has 0 bridgehead atoms. The van der Waals surface area contributed by atoms with Crippen molar-refractivity contribution in [1.29, 1.82) is 0 Å². The number of benzene rings is 1. The Hall–Kier alpha value is -1.84. The summed E-state index contributed by atoms with van der Waals surface area (Å²) >= 11 is 0. The topological polar surface area (TPSA) is 57.6 Å². The van der Waals surface area contributed by atoms with Crippen LogP contribution in [0, 0.1) is 12.3 Å². The zero-order valence-electron chi connectivity index (χ0n) is 14.0. The molecule has 1 aromatic carbocycles. The number of carbonyl (C=O) groups is 2. The molecule has 1 N–H and O–H groups in total. The van der Waals surface area contributed by atoms with Crippen molar-refractivity contribution < 1.29 is 14.7 Å². The molecule has 1 heterocycles. The minimum Gasteiger partial charge on any atom is -0.481 e. The van der Waals surface area contributed by atoms with Gasteiger partial charge >= 0.3 is 5.97 Å². The number of carboxylic acid groups (broad SMARTS) is 1. The molecule has 124 valence electrons. The smallest absolute Gasteiger partial charge is 0.311 e. The van der Waals surface area contributed by atoms with Crippen molar-refractivity contribution in [3.8, 4) is 0 Å². The van der Waals surface area contributed by atoms with Gasteiger partial charge in [0.15, 0.2) is 0 Å². The van der Waals surface area contributed by atoms with Gasteiger partial charge in [0.25, 0.3) is 0 Å². The molecular formula is C19H25NO3. The zero-order valence-corrected chi connectivity index (χ0v) is 14.0. The summed E-state index contributed by atoms with van der Waals surface area (Å²) in [4.78, 5) is 26.6. The van der Waals surface area contributed by atoms with Crippen LogP contribution in [0.2, 0.25) is 0 Å². The summed E-state index contributed by atoms with van der Waals surface area (Å²) < 4.78 is 0. The molecule has 1 unspecified atom stereocenters. The lowest BCUT2D eigenvalue weighted by atomic mass is 9.77. The highest BCUT2D eigenvalue weighted by Crippen LogP contribution is 2.44. The highest BCUT2D eigenvalue weighted by Gasteiger charge is 2.49. The number of hydrogen-bond acceptors (Lipinski definition) is 2. The van der Waals surface area contributed by atoms with Crippen LogP contribution in [0.4, 0.5) is 0 Å². The van der Waals surface area contributed by atoms with Crippen LogP contribution in [0.5, 0.6) is 0 Å². The van der Waals surface area contributed by atoms with Gasteiger partial charge in [-0.3, -0.25) is 9.59 Å². The van der Waals surface area contributed by atoms with Gasteiger partial charge in [0, 0.05) is 13.1 Å². The molecule has 0 spiro atoms. The molecule has 1 atom stereocenters. The third kappa shape index (κ3) is 2.64. The second-order valence-corrected chi connectivity index (χ2v) is 7.50. The van der Waals surface area contributed by atoms with Crippen molar-refractivity contribution in [3.63, 3.8) is 0 Å². The number of likely N-dealkylation sites (tertiary alicyclic amines) is 1. The van der Waals surface area contributed by atoms with Gasteiger partial charge in [-0.2, -0.15) is 0 Å². The SMILES string of the molecule is Cc1cccc(C2(C(=O)N3CCC(C)(C(=O)O)C3)CCCC2)c1. The molecule has 1 amide bonds. The van der Waals surface area contributed by atoms with E-state index in [1.54, 1.807) is 11.8 Å². The molecule has 3 rings (SSSR count). The van der Waals surface area contributed by atoms with Crippen LogP contribution in [0.3, 0.4) is 0 Å². The maximum Gasteiger partial charge on any atom is 0.311 e. The Morgan fingerprint density at radius 1 is 1.17 bits per heavy atom. The first-order valence-corrected chi connectivity index (χ1v) is 8.47. The summed E-state index contributed by atoms with van der Waals surface area (Å²) in [6.07, 6.45) is 4.40. The molecule has 4 heteroatoms. The first-order chi connectivity index (χ1) is 10.9. The Kier molecular flexibility index (Phi) is 3.95. The lowest BCUT2D eigenvalue weighted by Gasteiger charge is -2.33. The number of amides is 1. The van der Waals surface area contributed by atoms with E-state index in [0.29, 0.717) is 19.5 Å². The average Bonchev–Trinajstić information content (AvgIpc) is 3.15. The van der Waals surface area contributed by atoms with Gasteiger partial charge in [-0.15, -0.1) is 0 Å². The molecular weight excluding hydrogens is 290 g/mol. The van der Waals surface area contributed by atoms with Crippen LogP contribution in [0.1, 0.15) is 50.2 Å². The minimum absolute atomic E-state index is 0.130. The van der Waals surface area contributed by atoms with Crippen LogP contribution in [-0.2, 0) is 15.0 Å². The summed E-state index contributed by atoms with van der Waals surface area (Å²) in [7, 11) is 0. The van der Waals surface area contributed by atoms with Gasteiger partial charge in [-0.25, -0.2) is 0 Å². The van der Waals surface area contributed by atoms with Gasteiger partial charge in [0.2, 0.25) is 5.91 Å². The summed E-state index contributed by atoms with van der Waals surface area (Å²) in [5.41, 5.74) is 1.01. The first kappa shape index (κ1) is 16.0. The second-order valence-electron chi connectivity index (χ2n) is 7.50. The Balaban J connectivity index is 1.91. The second kappa shape index (κ2) is 5.66.